The fourth-order valence-electron chi connectivity index (χ4n) is 2.93. The van der Waals surface area contributed by atoms with Crippen molar-refractivity contribution in [3.8, 4) is 5.75 Å². The van der Waals surface area contributed by atoms with E-state index in [4.69, 9.17) is 4.74 Å². The topological polar surface area (TPSA) is 41.5 Å². The predicted octanol–water partition coefficient (Wildman–Crippen LogP) is 3.29. The molecule has 3 nitrogen and oxygen atoms in total. The summed E-state index contributed by atoms with van der Waals surface area (Å²) in [5.41, 5.74) is 1.23. The number of para-hydroxylation sites is 1. The Labute approximate surface area is 122 Å². The highest BCUT2D eigenvalue weighted by molar-refractivity contribution is 5.35. The largest absolute Gasteiger partial charge is 0.494 e. The maximum absolute atomic E-state index is 9.54. The first kappa shape index (κ1) is 15.3. The molecule has 1 aromatic carbocycles. The zero-order valence-corrected chi connectivity index (χ0v) is 12.6. The Hall–Kier alpha value is -1.06. The molecular formula is C17H27NO2. The van der Waals surface area contributed by atoms with Crippen LogP contribution < -0.4 is 10.1 Å². The summed E-state index contributed by atoms with van der Waals surface area (Å²) in [6.07, 6.45) is 4.11. The maximum Gasteiger partial charge on any atom is 0.124 e. The van der Waals surface area contributed by atoms with Crippen molar-refractivity contribution in [2.75, 3.05) is 13.2 Å². The lowest BCUT2D eigenvalue weighted by Gasteiger charge is -2.27. The maximum atomic E-state index is 9.54. The van der Waals surface area contributed by atoms with Crippen LogP contribution in [0.5, 0.6) is 5.75 Å². The number of aliphatic hydroxyl groups excluding tert-OH is 1. The van der Waals surface area contributed by atoms with Crippen molar-refractivity contribution < 1.29 is 9.84 Å². The lowest BCUT2D eigenvalue weighted by molar-refractivity contribution is 0.107. The molecule has 2 N–H and O–H groups in total. The van der Waals surface area contributed by atoms with Gasteiger partial charge in [-0.05, 0) is 58.1 Å². The molecule has 1 aliphatic rings. The summed E-state index contributed by atoms with van der Waals surface area (Å²) in [7, 11) is 0. The Balaban J connectivity index is 1.86. The van der Waals surface area contributed by atoms with Gasteiger partial charge in [0.2, 0.25) is 0 Å². The van der Waals surface area contributed by atoms with Crippen LogP contribution in [0.4, 0.5) is 0 Å². The van der Waals surface area contributed by atoms with Gasteiger partial charge < -0.3 is 15.2 Å². The third kappa shape index (κ3) is 4.22. The van der Waals surface area contributed by atoms with E-state index in [2.05, 4.69) is 24.4 Å². The molecule has 1 unspecified atom stereocenters. The van der Waals surface area contributed by atoms with Crippen LogP contribution in [0.2, 0.25) is 0 Å². The predicted molar refractivity (Wildman–Crippen MR) is 82.0 cm³/mol. The number of ether oxygens (including phenoxy) is 1. The number of benzene rings is 1. The van der Waals surface area contributed by atoms with E-state index in [1.54, 1.807) is 0 Å². The van der Waals surface area contributed by atoms with Gasteiger partial charge in [0.25, 0.3) is 0 Å². The average Bonchev–Trinajstić information content (AvgIpc) is 2.47. The van der Waals surface area contributed by atoms with Gasteiger partial charge in [-0.3, -0.25) is 0 Å². The lowest BCUT2D eigenvalue weighted by Crippen LogP contribution is -2.29. The molecule has 2 rings (SSSR count). The minimum atomic E-state index is -0.0673. The van der Waals surface area contributed by atoms with Crippen molar-refractivity contribution >= 4 is 0 Å². The van der Waals surface area contributed by atoms with Crippen LogP contribution >= 0.6 is 0 Å². The monoisotopic (exact) mass is 277 g/mol. The van der Waals surface area contributed by atoms with E-state index in [1.165, 1.54) is 5.56 Å². The summed E-state index contributed by atoms with van der Waals surface area (Å²) in [6.45, 7) is 5.93. The van der Waals surface area contributed by atoms with Crippen LogP contribution in [0.1, 0.15) is 51.1 Å². The van der Waals surface area contributed by atoms with Gasteiger partial charge in [0.1, 0.15) is 5.75 Å². The first-order valence-electron chi connectivity index (χ1n) is 7.83. The first-order valence-corrected chi connectivity index (χ1v) is 7.83. The van der Waals surface area contributed by atoms with Crippen molar-refractivity contribution in [2.24, 2.45) is 5.92 Å². The summed E-state index contributed by atoms with van der Waals surface area (Å²) in [5.74, 6) is 1.68. The van der Waals surface area contributed by atoms with Crippen molar-refractivity contribution in [1.82, 2.24) is 5.32 Å². The SMILES string of the molecule is CCOc1ccccc1C(C)NCC1CCC(O)CC1. The van der Waals surface area contributed by atoms with Gasteiger partial charge in [0, 0.05) is 11.6 Å². The number of hydrogen-bond donors (Lipinski definition) is 2. The van der Waals surface area contributed by atoms with Gasteiger partial charge in [0.15, 0.2) is 0 Å². The molecule has 0 amide bonds. The molecule has 1 saturated carbocycles. The highest BCUT2D eigenvalue weighted by atomic mass is 16.5. The Kier molecular flexibility index (Phi) is 5.86. The van der Waals surface area contributed by atoms with Gasteiger partial charge in [-0.15, -0.1) is 0 Å². The zero-order chi connectivity index (χ0) is 14.4. The molecule has 1 atom stereocenters. The molecule has 0 bridgehead atoms. The van der Waals surface area contributed by atoms with Crippen LogP contribution in [0.25, 0.3) is 0 Å². The van der Waals surface area contributed by atoms with Crippen LogP contribution in [-0.2, 0) is 0 Å². The van der Waals surface area contributed by atoms with Gasteiger partial charge in [-0.25, -0.2) is 0 Å². The molecule has 1 aromatic rings. The highest BCUT2D eigenvalue weighted by Crippen LogP contribution is 2.27. The smallest absolute Gasteiger partial charge is 0.124 e. The van der Waals surface area contributed by atoms with Crippen LogP contribution in [0, 0.1) is 5.92 Å². The Morgan fingerprint density at radius 1 is 1.25 bits per heavy atom. The summed E-state index contributed by atoms with van der Waals surface area (Å²) in [5, 5.41) is 13.2. The molecule has 3 heteroatoms. The number of hydrogen-bond acceptors (Lipinski definition) is 3. The highest BCUT2D eigenvalue weighted by Gasteiger charge is 2.20. The summed E-state index contributed by atoms with van der Waals surface area (Å²) in [6, 6.07) is 8.54. The van der Waals surface area contributed by atoms with Crippen LogP contribution in [0.3, 0.4) is 0 Å². The van der Waals surface area contributed by atoms with Gasteiger partial charge >= 0.3 is 0 Å². The molecule has 1 aliphatic carbocycles. The molecular weight excluding hydrogens is 250 g/mol. The third-order valence-electron chi connectivity index (χ3n) is 4.21. The van der Waals surface area contributed by atoms with Crippen LogP contribution in [0.15, 0.2) is 24.3 Å². The molecule has 20 heavy (non-hydrogen) atoms. The van der Waals surface area contributed by atoms with Crippen molar-refractivity contribution in [1.29, 1.82) is 0 Å². The summed E-state index contributed by atoms with van der Waals surface area (Å²) >= 11 is 0. The second-order valence-electron chi connectivity index (χ2n) is 5.78. The zero-order valence-electron chi connectivity index (χ0n) is 12.6. The van der Waals surface area contributed by atoms with Gasteiger partial charge in [0.05, 0.1) is 12.7 Å². The van der Waals surface area contributed by atoms with E-state index >= 15 is 0 Å². The van der Waals surface area contributed by atoms with E-state index < -0.39 is 0 Å². The number of aliphatic hydroxyl groups is 1. The molecule has 0 radical (unpaired) electrons. The van der Waals surface area contributed by atoms with Gasteiger partial charge in [-0.1, -0.05) is 18.2 Å². The summed E-state index contributed by atoms with van der Waals surface area (Å²) in [4.78, 5) is 0. The molecule has 0 saturated heterocycles. The standard InChI is InChI=1S/C17H27NO2/c1-3-20-17-7-5-4-6-16(17)13(2)18-12-14-8-10-15(19)11-9-14/h4-7,13-15,18-19H,3,8-12H2,1-2H3. The minimum absolute atomic E-state index is 0.0673. The van der Waals surface area contributed by atoms with Crippen molar-refractivity contribution in [2.45, 2.75) is 51.7 Å². The fraction of sp³-hybridized carbons (Fsp3) is 0.647. The summed E-state index contributed by atoms with van der Waals surface area (Å²) < 4.78 is 5.69. The molecule has 0 heterocycles. The quantitative estimate of drug-likeness (QED) is 0.838. The molecule has 1 fully saturated rings. The average molecular weight is 277 g/mol. The molecule has 112 valence electrons. The second kappa shape index (κ2) is 7.65. The second-order valence-corrected chi connectivity index (χ2v) is 5.78. The number of nitrogens with one attached hydrogen (secondary N) is 1. The molecule has 0 aromatic heterocycles. The van der Waals surface area contributed by atoms with E-state index in [-0.39, 0.29) is 6.10 Å². The number of rotatable bonds is 6. The normalized spacial score (nSPS) is 24.4. The van der Waals surface area contributed by atoms with Crippen molar-refractivity contribution in [3.63, 3.8) is 0 Å². The minimum Gasteiger partial charge on any atom is -0.494 e. The van der Waals surface area contributed by atoms with E-state index in [9.17, 15) is 5.11 Å². The fourth-order valence-corrected chi connectivity index (χ4v) is 2.93. The lowest BCUT2D eigenvalue weighted by atomic mass is 9.87. The van der Waals surface area contributed by atoms with Crippen molar-refractivity contribution in [3.05, 3.63) is 29.8 Å². The Bertz CT molecular complexity index is 400. The van der Waals surface area contributed by atoms with E-state index in [1.807, 2.05) is 19.1 Å². The Morgan fingerprint density at radius 2 is 1.95 bits per heavy atom. The van der Waals surface area contributed by atoms with E-state index in [0.29, 0.717) is 18.6 Å². The van der Waals surface area contributed by atoms with Crippen LogP contribution in [-0.4, -0.2) is 24.4 Å². The van der Waals surface area contributed by atoms with Gasteiger partial charge in [-0.2, -0.15) is 0 Å². The van der Waals surface area contributed by atoms with E-state index in [0.717, 1.165) is 38.0 Å². The molecule has 0 spiro atoms. The Morgan fingerprint density at radius 3 is 2.65 bits per heavy atom. The third-order valence-corrected chi connectivity index (χ3v) is 4.21. The molecule has 0 aliphatic heterocycles. The first-order chi connectivity index (χ1) is 9.70.